The highest BCUT2D eigenvalue weighted by molar-refractivity contribution is 7.23. The van der Waals surface area contributed by atoms with E-state index < -0.39 is 23.3 Å². The Bertz CT molecular complexity index is 2210. The highest BCUT2D eigenvalue weighted by Gasteiger charge is 2.49. The second kappa shape index (κ2) is 11.9. The molecule has 0 aliphatic carbocycles. The van der Waals surface area contributed by atoms with Gasteiger partial charge in [0.1, 0.15) is 41.0 Å². The van der Waals surface area contributed by atoms with E-state index in [1.54, 1.807) is 18.3 Å². The number of carbonyl (C=O) groups excluding carboxylic acids is 1. The molecule has 252 valence electrons. The molecule has 6 heterocycles. The van der Waals surface area contributed by atoms with Crippen LogP contribution in [0.15, 0.2) is 30.5 Å². The summed E-state index contributed by atoms with van der Waals surface area (Å²) in [6.07, 6.45) is 2.97. The Balaban J connectivity index is 1.20. The van der Waals surface area contributed by atoms with Crippen molar-refractivity contribution in [2.75, 3.05) is 43.4 Å². The smallest absolute Gasteiger partial charge is 0.319 e. The summed E-state index contributed by atoms with van der Waals surface area (Å²) in [6.45, 7) is 3.99. The molecule has 10 nitrogen and oxygen atoms in total. The molecule has 2 aromatic carbocycles. The Hall–Kier alpha value is -4.45. The fourth-order valence-corrected chi connectivity index (χ4v) is 8.88. The Labute approximate surface area is 287 Å². The second-order valence-corrected chi connectivity index (χ2v) is 14.6. The number of fused-ring (bicyclic) bond motifs is 3. The summed E-state index contributed by atoms with van der Waals surface area (Å²) in [5.74, 6) is -1.15. The number of ether oxygens (including phenoxy) is 1. The van der Waals surface area contributed by atoms with Gasteiger partial charge in [-0.3, -0.25) is 9.69 Å². The van der Waals surface area contributed by atoms with E-state index in [2.05, 4.69) is 15.0 Å². The van der Waals surface area contributed by atoms with Crippen LogP contribution in [-0.2, 0) is 0 Å². The van der Waals surface area contributed by atoms with E-state index in [0.29, 0.717) is 37.3 Å². The van der Waals surface area contributed by atoms with Gasteiger partial charge in [-0.25, -0.2) is 17.9 Å². The highest BCUT2D eigenvalue weighted by Crippen LogP contribution is 2.46. The first-order valence-corrected chi connectivity index (χ1v) is 17.2. The molecule has 0 spiro atoms. The molecule has 0 saturated carbocycles. The Kier molecular flexibility index (Phi) is 7.69. The van der Waals surface area contributed by atoms with Crippen molar-refractivity contribution in [3.63, 3.8) is 0 Å². The lowest BCUT2D eigenvalue weighted by atomic mass is 9.94. The van der Waals surface area contributed by atoms with Gasteiger partial charge in [0.05, 0.1) is 26.5 Å². The molecule has 8 rings (SSSR count). The lowest BCUT2D eigenvalue weighted by Crippen LogP contribution is -2.48. The number of carbonyl (C=O) groups is 1. The molecule has 2 atom stereocenters. The molecule has 5 aromatic rings. The summed E-state index contributed by atoms with van der Waals surface area (Å²) in [5, 5.41) is 14.7. The number of rotatable bonds is 7. The fraction of sp³-hybridized carbons (Fsp3) is 0.382. The average molecular weight is 707 g/mol. The molecule has 49 heavy (non-hydrogen) atoms. The second-order valence-electron chi connectivity index (χ2n) is 13.2. The van der Waals surface area contributed by atoms with Crippen LogP contribution in [0.1, 0.15) is 41.7 Å². The summed E-state index contributed by atoms with van der Waals surface area (Å²) >= 11 is 7.71. The third kappa shape index (κ3) is 5.26. The molecule has 0 amide bonds. The standard InChI is InChI=1S/C34H30ClF3N8O2S/c1-17-5-8-46(43-17)25(47)9-18-13-44(14-18)32-21-10-23(35)27(20-3-4-24(37)30-26(20)22(12-39)31(40)49-30)28(38)29(21)41-33(42-32)48-16-34-6-2-7-45(34)15-19(36)11-34/h3-5,8,10,18-19H,2,6-7,9,11,13-16,40H2,1H3/t19-,34+/m1/s1. The number of aryl methyl sites for hydroxylation is 1. The number of nitriles is 1. The zero-order chi connectivity index (χ0) is 34.2. The highest BCUT2D eigenvalue weighted by atomic mass is 35.5. The fourth-order valence-electron chi connectivity index (χ4n) is 7.64. The number of anilines is 2. The van der Waals surface area contributed by atoms with Crippen LogP contribution in [0.4, 0.5) is 24.0 Å². The normalized spacial score (nSPS) is 21.0. The third-order valence-corrected chi connectivity index (χ3v) is 11.3. The third-order valence-electron chi connectivity index (χ3n) is 9.97. The van der Waals surface area contributed by atoms with E-state index in [4.69, 9.17) is 27.1 Å². The maximum absolute atomic E-state index is 16.9. The average Bonchev–Trinajstić information content (AvgIpc) is 3.81. The van der Waals surface area contributed by atoms with Gasteiger partial charge in [0.15, 0.2) is 5.82 Å². The largest absolute Gasteiger partial charge is 0.461 e. The van der Waals surface area contributed by atoms with Crippen molar-refractivity contribution >= 4 is 60.7 Å². The number of halogens is 4. The molecule has 3 saturated heterocycles. The molecule has 3 aliphatic rings. The summed E-state index contributed by atoms with van der Waals surface area (Å²) in [4.78, 5) is 26.1. The molecular weight excluding hydrogens is 677 g/mol. The predicted octanol–water partition coefficient (Wildman–Crippen LogP) is 6.52. The van der Waals surface area contributed by atoms with Crippen LogP contribution < -0.4 is 15.4 Å². The maximum atomic E-state index is 16.9. The van der Waals surface area contributed by atoms with Gasteiger partial charge >= 0.3 is 6.01 Å². The van der Waals surface area contributed by atoms with E-state index in [0.717, 1.165) is 36.4 Å². The van der Waals surface area contributed by atoms with Gasteiger partial charge < -0.3 is 15.4 Å². The summed E-state index contributed by atoms with van der Waals surface area (Å²) < 4.78 is 53.9. The quantitative estimate of drug-likeness (QED) is 0.201. The van der Waals surface area contributed by atoms with Crippen molar-refractivity contribution in [1.82, 2.24) is 24.6 Å². The number of benzene rings is 2. The molecule has 0 unspecified atom stereocenters. The van der Waals surface area contributed by atoms with Gasteiger partial charge in [-0.15, -0.1) is 11.3 Å². The van der Waals surface area contributed by atoms with Crippen molar-refractivity contribution in [2.45, 2.75) is 44.3 Å². The number of alkyl halides is 1. The molecule has 2 N–H and O–H groups in total. The minimum atomic E-state index is -0.956. The molecule has 0 bridgehead atoms. The number of aromatic nitrogens is 4. The van der Waals surface area contributed by atoms with Gasteiger partial charge in [-0.05, 0) is 50.1 Å². The summed E-state index contributed by atoms with van der Waals surface area (Å²) in [7, 11) is 0. The molecule has 3 aromatic heterocycles. The van der Waals surface area contributed by atoms with Gasteiger partial charge in [-0.1, -0.05) is 17.7 Å². The van der Waals surface area contributed by atoms with Gasteiger partial charge in [0.2, 0.25) is 5.91 Å². The van der Waals surface area contributed by atoms with Crippen LogP contribution in [-0.4, -0.2) is 75.1 Å². The number of hydrogen-bond acceptors (Lipinski definition) is 10. The van der Waals surface area contributed by atoms with Crippen molar-refractivity contribution in [1.29, 1.82) is 5.26 Å². The SMILES string of the molecule is Cc1ccn(C(=O)CC2CN(c3nc(OC[C@@]45CCCN4C[C@H](F)C5)nc4c(F)c(-c5ccc(F)c6sc(N)c(C#N)c56)c(Cl)cc34)C2)n1. The van der Waals surface area contributed by atoms with Gasteiger partial charge in [0, 0.05) is 60.9 Å². The Morgan fingerprint density at radius 2 is 2.06 bits per heavy atom. The van der Waals surface area contributed by atoms with E-state index in [1.165, 1.54) is 16.8 Å². The van der Waals surface area contributed by atoms with Crippen molar-refractivity contribution in [2.24, 2.45) is 5.92 Å². The van der Waals surface area contributed by atoms with Crippen LogP contribution in [0.3, 0.4) is 0 Å². The molecule has 0 radical (unpaired) electrons. The molecule has 3 aliphatic heterocycles. The number of nitrogen functional groups attached to an aromatic ring is 1. The maximum Gasteiger partial charge on any atom is 0.319 e. The first-order valence-electron chi connectivity index (χ1n) is 16.0. The van der Waals surface area contributed by atoms with Crippen LogP contribution in [0.5, 0.6) is 6.01 Å². The summed E-state index contributed by atoms with van der Waals surface area (Å²) in [6, 6.07) is 7.82. The van der Waals surface area contributed by atoms with Crippen molar-refractivity contribution in [3.8, 4) is 23.2 Å². The Morgan fingerprint density at radius 1 is 1.24 bits per heavy atom. The van der Waals surface area contributed by atoms with Crippen LogP contribution in [0, 0.1) is 35.8 Å². The number of hydrogen-bond donors (Lipinski definition) is 1. The van der Waals surface area contributed by atoms with E-state index in [1.807, 2.05) is 17.9 Å². The van der Waals surface area contributed by atoms with Crippen LogP contribution >= 0.6 is 22.9 Å². The van der Waals surface area contributed by atoms with E-state index in [-0.39, 0.29) is 73.2 Å². The predicted molar refractivity (Wildman–Crippen MR) is 181 cm³/mol. The van der Waals surface area contributed by atoms with Gasteiger partial charge in [-0.2, -0.15) is 20.3 Å². The molecular formula is C34H30ClF3N8O2S. The van der Waals surface area contributed by atoms with E-state index >= 15 is 4.39 Å². The zero-order valence-electron chi connectivity index (χ0n) is 26.3. The minimum Gasteiger partial charge on any atom is -0.461 e. The van der Waals surface area contributed by atoms with Crippen molar-refractivity contribution in [3.05, 3.63) is 58.4 Å². The zero-order valence-corrected chi connectivity index (χ0v) is 27.9. The lowest BCUT2D eigenvalue weighted by molar-refractivity contribution is 0.0854. The molecule has 15 heteroatoms. The van der Waals surface area contributed by atoms with Crippen LogP contribution in [0.2, 0.25) is 5.02 Å². The summed E-state index contributed by atoms with van der Waals surface area (Å²) in [5.41, 5.74) is 6.40. The monoisotopic (exact) mass is 706 g/mol. The molecule has 3 fully saturated rings. The van der Waals surface area contributed by atoms with Crippen LogP contribution in [0.25, 0.3) is 32.1 Å². The lowest BCUT2D eigenvalue weighted by Gasteiger charge is -2.40. The minimum absolute atomic E-state index is 0.00199. The number of nitrogens with zero attached hydrogens (tertiary/aromatic N) is 7. The first-order chi connectivity index (χ1) is 23.5. The van der Waals surface area contributed by atoms with E-state index in [9.17, 15) is 18.8 Å². The number of thiophene rings is 1. The van der Waals surface area contributed by atoms with Crippen molar-refractivity contribution < 1.29 is 22.7 Å². The topological polar surface area (TPSA) is 126 Å². The van der Waals surface area contributed by atoms with Gasteiger partial charge in [0.25, 0.3) is 0 Å². The first kappa shape index (κ1) is 31.8. The Morgan fingerprint density at radius 3 is 2.82 bits per heavy atom. The number of nitrogens with two attached hydrogens (primary N) is 1.